The van der Waals surface area contributed by atoms with Gasteiger partial charge in [0.05, 0.1) is 19.2 Å². The molecule has 2 fully saturated rings. The molecule has 0 saturated carbocycles. The molecule has 1 unspecified atom stereocenters. The molecule has 0 radical (unpaired) electrons. The highest BCUT2D eigenvalue weighted by atomic mass is 32.2. The number of halogens is 3. The summed E-state index contributed by atoms with van der Waals surface area (Å²) in [5.74, 6) is -4.83. The lowest BCUT2D eigenvalue weighted by Crippen LogP contribution is -2.55. The van der Waals surface area contributed by atoms with Crippen molar-refractivity contribution in [2.24, 2.45) is 0 Å². The van der Waals surface area contributed by atoms with Crippen molar-refractivity contribution in [3.8, 4) is 11.1 Å². The average Bonchev–Trinajstić information content (AvgIpc) is 2.98. The van der Waals surface area contributed by atoms with Gasteiger partial charge in [-0.3, -0.25) is 4.79 Å². The van der Waals surface area contributed by atoms with E-state index < -0.39 is 52.6 Å². The number of hydrogen-bond donors (Lipinski definition) is 1. The van der Waals surface area contributed by atoms with Crippen molar-refractivity contribution in [3.05, 3.63) is 59.9 Å². The molecule has 1 amide bonds. The molecule has 0 aliphatic carbocycles. The number of hydrogen-bond acceptors (Lipinski definition) is 4. The molecule has 4 rings (SSSR count). The van der Waals surface area contributed by atoms with Gasteiger partial charge < -0.3 is 9.64 Å². The van der Waals surface area contributed by atoms with Crippen LogP contribution in [0.2, 0.25) is 0 Å². The fourth-order valence-electron chi connectivity index (χ4n) is 4.22. The highest BCUT2D eigenvalue weighted by Gasteiger charge is 2.58. The van der Waals surface area contributed by atoms with Crippen LogP contribution in [0.25, 0.3) is 11.1 Å². The Labute approximate surface area is 196 Å². The van der Waals surface area contributed by atoms with Crippen molar-refractivity contribution in [1.82, 2.24) is 13.9 Å². The maximum absolute atomic E-state index is 15.5. The second kappa shape index (κ2) is 9.29. The van der Waals surface area contributed by atoms with E-state index in [-0.39, 0.29) is 17.5 Å². The van der Waals surface area contributed by atoms with Crippen LogP contribution in [0.15, 0.2) is 48.5 Å². The number of alkyl halides is 2. The first-order valence-electron chi connectivity index (χ1n) is 10.8. The standard InChI is InChI=1S/C23H26F3N3O4S/c1-28(2)34(31,32)27-21-18(29(14-23(21,25)26)22(30)19-11-12-33-19)13-16-9-6-10-17(20(16)24)15-7-4-3-5-8-15/h3-10,18-19,21,27H,11-14H2,1-2H3/t18-,19?,21+/m0/s1. The zero-order chi connectivity index (χ0) is 24.7. The van der Waals surface area contributed by atoms with Crippen LogP contribution in [0.1, 0.15) is 12.0 Å². The van der Waals surface area contributed by atoms with E-state index >= 15 is 13.2 Å². The second-order valence-electron chi connectivity index (χ2n) is 8.67. The Morgan fingerprint density at radius 1 is 1.18 bits per heavy atom. The maximum Gasteiger partial charge on any atom is 0.283 e. The quantitative estimate of drug-likeness (QED) is 0.638. The third-order valence-corrected chi connectivity index (χ3v) is 7.74. The van der Waals surface area contributed by atoms with Gasteiger partial charge in [0.15, 0.2) is 0 Å². The Balaban J connectivity index is 1.72. The Morgan fingerprint density at radius 3 is 2.44 bits per heavy atom. The fourth-order valence-corrected chi connectivity index (χ4v) is 5.08. The highest BCUT2D eigenvalue weighted by Crippen LogP contribution is 2.37. The maximum atomic E-state index is 15.5. The number of carbonyl (C=O) groups excluding carboxylic acids is 1. The minimum atomic E-state index is -4.26. The first-order valence-corrected chi connectivity index (χ1v) is 12.3. The van der Waals surface area contributed by atoms with E-state index in [0.29, 0.717) is 18.6 Å². The zero-order valence-electron chi connectivity index (χ0n) is 18.7. The van der Waals surface area contributed by atoms with Crippen molar-refractivity contribution in [3.63, 3.8) is 0 Å². The van der Waals surface area contributed by atoms with Gasteiger partial charge in [0.2, 0.25) is 0 Å². The van der Waals surface area contributed by atoms with Gasteiger partial charge in [-0.15, -0.1) is 0 Å². The lowest BCUT2D eigenvalue weighted by Gasteiger charge is -2.34. The van der Waals surface area contributed by atoms with Gasteiger partial charge in [0.25, 0.3) is 22.0 Å². The van der Waals surface area contributed by atoms with Gasteiger partial charge in [0, 0.05) is 26.1 Å². The van der Waals surface area contributed by atoms with Crippen LogP contribution < -0.4 is 4.72 Å². The molecule has 7 nitrogen and oxygen atoms in total. The second-order valence-corrected chi connectivity index (χ2v) is 10.6. The summed E-state index contributed by atoms with van der Waals surface area (Å²) in [7, 11) is -1.85. The first-order chi connectivity index (χ1) is 16.0. The monoisotopic (exact) mass is 497 g/mol. The van der Waals surface area contributed by atoms with Crippen LogP contribution in [-0.2, 0) is 26.2 Å². The molecule has 2 heterocycles. The van der Waals surface area contributed by atoms with Gasteiger partial charge in [0.1, 0.15) is 18.0 Å². The van der Waals surface area contributed by atoms with Gasteiger partial charge in [-0.1, -0.05) is 48.5 Å². The molecule has 2 aliphatic heterocycles. The number of carbonyl (C=O) groups is 1. The lowest BCUT2D eigenvalue weighted by molar-refractivity contribution is -0.158. The van der Waals surface area contributed by atoms with E-state index in [9.17, 15) is 13.2 Å². The molecule has 11 heteroatoms. The summed E-state index contributed by atoms with van der Waals surface area (Å²) < 4.78 is 78.6. The molecular weight excluding hydrogens is 471 g/mol. The highest BCUT2D eigenvalue weighted by molar-refractivity contribution is 7.87. The Hall–Kier alpha value is -2.47. The van der Waals surface area contributed by atoms with Crippen molar-refractivity contribution < 1.29 is 31.1 Å². The minimum absolute atomic E-state index is 0.102. The molecule has 2 aromatic carbocycles. The van der Waals surface area contributed by atoms with Crippen LogP contribution in [-0.4, -0.2) is 74.9 Å². The van der Waals surface area contributed by atoms with Crippen LogP contribution in [0, 0.1) is 5.82 Å². The summed E-state index contributed by atoms with van der Waals surface area (Å²) in [6.07, 6.45) is -0.774. The van der Waals surface area contributed by atoms with Crippen LogP contribution in [0.3, 0.4) is 0 Å². The summed E-state index contributed by atoms with van der Waals surface area (Å²) in [5.41, 5.74) is 0.998. The molecule has 2 aromatic rings. The summed E-state index contributed by atoms with van der Waals surface area (Å²) in [4.78, 5) is 13.9. The summed E-state index contributed by atoms with van der Waals surface area (Å²) in [6, 6.07) is 10.1. The number of rotatable bonds is 7. The minimum Gasteiger partial charge on any atom is -0.368 e. The molecule has 0 spiro atoms. The Bertz CT molecular complexity index is 1160. The third-order valence-electron chi connectivity index (χ3n) is 6.23. The predicted molar refractivity (Wildman–Crippen MR) is 120 cm³/mol. The van der Waals surface area contributed by atoms with Crippen molar-refractivity contribution >= 4 is 16.1 Å². The van der Waals surface area contributed by atoms with E-state index in [1.165, 1.54) is 20.2 Å². The van der Waals surface area contributed by atoms with Crippen LogP contribution in [0.4, 0.5) is 13.2 Å². The molecular formula is C23H26F3N3O4S. The smallest absolute Gasteiger partial charge is 0.283 e. The van der Waals surface area contributed by atoms with Gasteiger partial charge in [-0.05, 0) is 17.5 Å². The van der Waals surface area contributed by atoms with E-state index in [1.807, 2.05) is 4.72 Å². The number of nitrogens with one attached hydrogen (secondary N) is 1. The van der Waals surface area contributed by atoms with Gasteiger partial charge in [-0.2, -0.15) is 17.4 Å². The number of amides is 1. The van der Waals surface area contributed by atoms with E-state index in [4.69, 9.17) is 4.74 Å². The Kier molecular flexibility index (Phi) is 6.74. The SMILES string of the molecule is CN(C)S(=O)(=O)N[C@@H]1[C@H](Cc2cccc(-c3ccccc3)c2F)N(C(=O)C2CCO2)CC1(F)F. The summed E-state index contributed by atoms with van der Waals surface area (Å²) in [5, 5.41) is 0. The Morgan fingerprint density at radius 2 is 1.85 bits per heavy atom. The zero-order valence-corrected chi connectivity index (χ0v) is 19.6. The number of likely N-dealkylation sites (tertiary alicyclic amines) is 1. The molecule has 3 atom stereocenters. The van der Waals surface area contributed by atoms with E-state index in [0.717, 1.165) is 9.21 Å². The molecule has 1 N–H and O–H groups in total. The van der Waals surface area contributed by atoms with Crippen molar-refractivity contribution in [2.75, 3.05) is 27.2 Å². The van der Waals surface area contributed by atoms with Crippen molar-refractivity contribution in [1.29, 1.82) is 0 Å². The predicted octanol–water partition coefficient (Wildman–Crippen LogP) is 2.43. The molecule has 34 heavy (non-hydrogen) atoms. The number of nitrogens with zero attached hydrogens (tertiary/aromatic N) is 2. The number of ether oxygens (including phenoxy) is 1. The number of benzene rings is 2. The van der Waals surface area contributed by atoms with Crippen LogP contribution >= 0.6 is 0 Å². The first kappa shape index (κ1) is 24.6. The normalized spacial score (nSPS) is 24.3. The molecule has 184 valence electrons. The summed E-state index contributed by atoms with van der Waals surface area (Å²) in [6.45, 7) is -0.646. The topological polar surface area (TPSA) is 79.0 Å². The average molecular weight is 498 g/mol. The van der Waals surface area contributed by atoms with Crippen molar-refractivity contribution in [2.45, 2.75) is 37.0 Å². The largest absolute Gasteiger partial charge is 0.368 e. The van der Waals surface area contributed by atoms with E-state index in [1.54, 1.807) is 42.5 Å². The third kappa shape index (κ3) is 4.70. The molecule has 2 aliphatic rings. The van der Waals surface area contributed by atoms with Crippen LogP contribution in [0.5, 0.6) is 0 Å². The molecule has 2 saturated heterocycles. The van der Waals surface area contributed by atoms with E-state index in [2.05, 4.69) is 0 Å². The molecule has 0 aromatic heterocycles. The summed E-state index contributed by atoms with van der Waals surface area (Å²) >= 11 is 0. The van der Waals surface area contributed by atoms with Gasteiger partial charge in [-0.25, -0.2) is 13.2 Å². The molecule has 0 bridgehead atoms. The lowest BCUT2D eigenvalue weighted by atomic mass is 9.95. The fraction of sp³-hybridized carbons (Fsp3) is 0.435. The van der Waals surface area contributed by atoms with Gasteiger partial charge >= 0.3 is 0 Å².